The molecule has 1 saturated heterocycles. The van der Waals surface area contributed by atoms with Crippen LogP contribution < -0.4 is 4.90 Å². The van der Waals surface area contributed by atoms with Gasteiger partial charge in [0.15, 0.2) is 17.7 Å². The summed E-state index contributed by atoms with van der Waals surface area (Å²) in [5, 5.41) is 10.5. The third-order valence-electron chi connectivity index (χ3n) is 8.98. The molecule has 0 bridgehead atoms. The Balaban J connectivity index is 1.57. The summed E-state index contributed by atoms with van der Waals surface area (Å²) >= 11 is 0. The zero-order chi connectivity index (χ0) is 32.0. The summed E-state index contributed by atoms with van der Waals surface area (Å²) in [6.07, 6.45) is 1.59. The molecule has 8 heteroatoms. The molecule has 0 saturated carbocycles. The lowest BCUT2D eigenvalue weighted by molar-refractivity contribution is -0.160. The molecule has 2 aliphatic rings. The van der Waals surface area contributed by atoms with Gasteiger partial charge in [-0.3, -0.25) is 9.88 Å². The second-order valence-electron chi connectivity index (χ2n) is 14.2. The highest BCUT2D eigenvalue weighted by Crippen LogP contribution is 2.45. The summed E-state index contributed by atoms with van der Waals surface area (Å²) in [7, 11) is 0. The molecule has 0 amide bonds. The Morgan fingerprint density at radius 3 is 2.41 bits per heavy atom. The van der Waals surface area contributed by atoms with Crippen LogP contribution in [0.3, 0.4) is 0 Å². The molecule has 1 fully saturated rings. The maximum Gasteiger partial charge on any atom is 0.337 e. The highest BCUT2D eigenvalue weighted by molar-refractivity contribution is 5.88. The first-order chi connectivity index (χ1) is 20.6. The Morgan fingerprint density at radius 1 is 1.05 bits per heavy atom. The van der Waals surface area contributed by atoms with Crippen LogP contribution in [0.15, 0.2) is 36.4 Å². The maximum atomic E-state index is 14.4. The van der Waals surface area contributed by atoms with Gasteiger partial charge in [-0.2, -0.15) is 0 Å². The maximum absolute atomic E-state index is 14.4. The van der Waals surface area contributed by atoms with Crippen molar-refractivity contribution in [1.82, 2.24) is 9.88 Å². The molecular formula is C36H45F2N3O3. The summed E-state index contributed by atoms with van der Waals surface area (Å²) in [4.78, 5) is 22.2. The summed E-state index contributed by atoms with van der Waals surface area (Å²) in [5.41, 5.74) is 7.24. The minimum Gasteiger partial charge on any atom is -0.479 e. The molecule has 0 spiro atoms. The van der Waals surface area contributed by atoms with Gasteiger partial charge in [0.25, 0.3) is 0 Å². The predicted molar refractivity (Wildman–Crippen MR) is 170 cm³/mol. The first kappa shape index (κ1) is 32.0. The molecule has 1 N–H and O–H groups in total. The fourth-order valence-corrected chi connectivity index (χ4v) is 6.57. The zero-order valence-corrected chi connectivity index (χ0v) is 27.1. The first-order valence-electron chi connectivity index (χ1n) is 15.6. The van der Waals surface area contributed by atoms with Crippen LogP contribution in [0.5, 0.6) is 0 Å². The number of anilines is 1. The number of aromatic nitrogens is 1. The molecule has 2 aromatic carbocycles. The molecule has 0 radical (unpaired) electrons. The quantitative estimate of drug-likeness (QED) is 0.297. The Kier molecular flexibility index (Phi) is 8.89. The van der Waals surface area contributed by atoms with E-state index in [1.807, 2.05) is 34.6 Å². The van der Waals surface area contributed by atoms with Crippen molar-refractivity contribution in [3.05, 3.63) is 81.7 Å². The Morgan fingerprint density at radius 2 is 1.75 bits per heavy atom. The van der Waals surface area contributed by atoms with Crippen molar-refractivity contribution in [2.75, 3.05) is 24.5 Å². The second-order valence-corrected chi connectivity index (χ2v) is 14.2. The molecule has 0 aliphatic carbocycles. The van der Waals surface area contributed by atoms with E-state index in [0.29, 0.717) is 29.9 Å². The summed E-state index contributed by atoms with van der Waals surface area (Å²) in [6.45, 7) is 17.4. The molecule has 44 heavy (non-hydrogen) atoms. The van der Waals surface area contributed by atoms with Crippen molar-refractivity contribution in [3.8, 4) is 11.1 Å². The number of benzene rings is 2. The van der Waals surface area contributed by atoms with Crippen molar-refractivity contribution in [2.45, 2.75) is 92.5 Å². The number of hydrogen-bond acceptors (Lipinski definition) is 5. The Bertz CT molecular complexity index is 1550. The van der Waals surface area contributed by atoms with Gasteiger partial charge < -0.3 is 14.7 Å². The molecule has 236 valence electrons. The lowest BCUT2D eigenvalue weighted by atomic mass is 9.81. The topological polar surface area (TPSA) is 65.9 Å². The SMILES string of the molecule is Cc1nc(C)c([C@H](OC(C)(C)C)C(=O)O)c(N2CCC(C)(C)CC2)c1-c1ccc2c(c1)CCN(Cc1cccc(F)c1F)C2. The molecule has 2 aliphatic heterocycles. The van der Waals surface area contributed by atoms with Gasteiger partial charge in [-0.1, -0.05) is 44.2 Å². The fraction of sp³-hybridized carbons (Fsp3) is 0.500. The first-order valence-corrected chi connectivity index (χ1v) is 15.6. The number of nitrogens with zero attached hydrogens (tertiary/aromatic N) is 3. The lowest BCUT2D eigenvalue weighted by Gasteiger charge is -2.41. The van der Waals surface area contributed by atoms with E-state index < -0.39 is 29.3 Å². The minimum atomic E-state index is -1.17. The van der Waals surface area contributed by atoms with Gasteiger partial charge in [-0.05, 0) is 82.1 Å². The van der Waals surface area contributed by atoms with Crippen molar-refractivity contribution in [3.63, 3.8) is 0 Å². The second kappa shape index (κ2) is 12.2. The van der Waals surface area contributed by atoms with Crippen LogP contribution in [0, 0.1) is 30.9 Å². The van der Waals surface area contributed by atoms with Crippen LogP contribution in [0.1, 0.15) is 87.2 Å². The van der Waals surface area contributed by atoms with E-state index in [-0.39, 0.29) is 5.41 Å². The van der Waals surface area contributed by atoms with Crippen LogP contribution in [0.4, 0.5) is 14.5 Å². The predicted octanol–water partition coefficient (Wildman–Crippen LogP) is 7.77. The van der Waals surface area contributed by atoms with Gasteiger partial charge in [0.1, 0.15) is 0 Å². The van der Waals surface area contributed by atoms with E-state index in [9.17, 15) is 18.7 Å². The number of fused-ring (bicyclic) bond motifs is 1. The highest BCUT2D eigenvalue weighted by atomic mass is 19.2. The van der Waals surface area contributed by atoms with Gasteiger partial charge in [0.05, 0.1) is 11.3 Å². The Labute approximate surface area is 260 Å². The molecule has 1 atom stereocenters. The van der Waals surface area contributed by atoms with E-state index in [1.54, 1.807) is 12.1 Å². The van der Waals surface area contributed by atoms with Gasteiger partial charge in [0, 0.05) is 60.8 Å². The van der Waals surface area contributed by atoms with Crippen molar-refractivity contribution < 1.29 is 23.4 Å². The Hall–Kier alpha value is -3.36. The van der Waals surface area contributed by atoms with E-state index >= 15 is 0 Å². The number of carboxylic acid groups (broad SMARTS) is 1. The van der Waals surface area contributed by atoms with Crippen molar-refractivity contribution in [1.29, 1.82) is 0 Å². The van der Waals surface area contributed by atoms with E-state index in [4.69, 9.17) is 9.72 Å². The number of hydrogen-bond donors (Lipinski definition) is 1. The van der Waals surface area contributed by atoms with E-state index in [2.05, 4.69) is 41.8 Å². The minimum absolute atomic E-state index is 0.216. The number of pyridine rings is 1. The standard InChI is InChI=1S/C36H45F2N3O3/c1-22-29(25-11-12-26-20-40(16-13-24(26)19-25)21-27-9-8-10-28(37)31(27)38)32(41-17-14-36(6,7)15-18-41)30(23(2)39-22)33(34(42)43)44-35(3,4)5/h8-12,19,33H,13-18,20-21H2,1-7H3,(H,42,43)/t33-/m0/s1. The van der Waals surface area contributed by atoms with Gasteiger partial charge in [0.2, 0.25) is 0 Å². The lowest BCUT2D eigenvalue weighted by Crippen LogP contribution is -2.39. The number of ether oxygens (including phenoxy) is 1. The average Bonchev–Trinajstić information content (AvgIpc) is 2.93. The molecular weight excluding hydrogens is 560 g/mol. The molecule has 5 rings (SSSR count). The van der Waals surface area contributed by atoms with Crippen LogP contribution in [-0.4, -0.2) is 46.2 Å². The summed E-state index contributed by atoms with van der Waals surface area (Å²) in [6, 6.07) is 10.7. The smallest absolute Gasteiger partial charge is 0.337 e. The molecule has 1 aromatic heterocycles. The molecule has 3 heterocycles. The van der Waals surface area contributed by atoms with E-state index in [1.165, 1.54) is 5.56 Å². The van der Waals surface area contributed by atoms with Crippen LogP contribution in [0.2, 0.25) is 0 Å². The van der Waals surface area contributed by atoms with Crippen molar-refractivity contribution in [2.24, 2.45) is 5.41 Å². The molecule has 6 nitrogen and oxygen atoms in total. The molecule has 0 unspecified atom stereocenters. The number of aliphatic carboxylic acids is 1. The third-order valence-corrected chi connectivity index (χ3v) is 8.98. The normalized spacial score (nSPS) is 17.8. The summed E-state index contributed by atoms with van der Waals surface area (Å²) in [5.74, 6) is -2.63. The average molecular weight is 606 g/mol. The number of aryl methyl sites for hydroxylation is 2. The molecule has 3 aromatic rings. The number of halogens is 2. The van der Waals surface area contributed by atoms with Crippen molar-refractivity contribution >= 4 is 11.7 Å². The van der Waals surface area contributed by atoms with Crippen LogP contribution >= 0.6 is 0 Å². The zero-order valence-electron chi connectivity index (χ0n) is 27.1. The van der Waals surface area contributed by atoms with Crippen LogP contribution in [-0.2, 0) is 29.0 Å². The number of carboxylic acids is 1. The largest absolute Gasteiger partial charge is 0.479 e. The number of carbonyl (C=O) groups is 1. The van der Waals surface area contributed by atoms with Gasteiger partial charge in [-0.15, -0.1) is 0 Å². The fourth-order valence-electron chi connectivity index (χ4n) is 6.57. The third kappa shape index (κ3) is 6.81. The van der Waals surface area contributed by atoms with Gasteiger partial charge >= 0.3 is 5.97 Å². The highest BCUT2D eigenvalue weighted by Gasteiger charge is 2.36. The van der Waals surface area contributed by atoms with Crippen LogP contribution in [0.25, 0.3) is 11.1 Å². The number of rotatable bonds is 7. The van der Waals surface area contributed by atoms with E-state index in [0.717, 1.165) is 73.0 Å². The monoisotopic (exact) mass is 605 g/mol. The number of piperidine rings is 1. The van der Waals surface area contributed by atoms with Gasteiger partial charge in [-0.25, -0.2) is 13.6 Å². The summed E-state index contributed by atoms with van der Waals surface area (Å²) < 4.78 is 34.4.